The van der Waals surface area contributed by atoms with Crippen molar-refractivity contribution in [3.05, 3.63) is 35.4 Å². The highest BCUT2D eigenvalue weighted by Gasteiger charge is 2.28. The summed E-state index contributed by atoms with van der Waals surface area (Å²) in [5.41, 5.74) is -0.0675. The summed E-state index contributed by atoms with van der Waals surface area (Å²) in [5.74, 6) is -1.33. The van der Waals surface area contributed by atoms with Crippen LogP contribution in [0.15, 0.2) is 18.2 Å². The molecule has 1 aromatic rings. The van der Waals surface area contributed by atoms with Crippen molar-refractivity contribution in [2.45, 2.75) is 33.7 Å². The van der Waals surface area contributed by atoms with E-state index in [1.54, 1.807) is 14.0 Å². The van der Waals surface area contributed by atoms with Crippen LogP contribution in [0.4, 0.5) is 8.78 Å². The van der Waals surface area contributed by atoms with Crippen molar-refractivity contribution >= 4 is 5.91 Å². The molecule has 1 aromatic carbocycles. The lowest BCUT2D eigenvalue weighted by atomic mass is 9.93. The van der Waals surface area contributed by atoms with E-state index in [1.807, 2.05) is 20.8 Å². The number of benzene rings is 1. The van der Waals surface area contributed by atoms with Gasteiger partial charge in [0.2, 0.25) is 5.91 Å². The van der Waals surface area contributed by atoms with E-state index < -0.39 is 17.0 Å². The van der Waals surface area contributed by atoms with Gasteiger partial charge in [-0.1, -0.05) is 20.8 Å². The topological polar surface area (TPSA) is 20.3 Å². The van der Waals surface area contributed by atoms with Crippen molar-refractivity contribution in [1.82, 2.24) is 4.90 Å². The van der Waals surface area contributed by atoms with Crippen molar-refractivity contribution in [3.63, 3.8) is 0 Å². The SMILES string of the molecule is C[C@H](c1cc(F)cc(F)c1)N(C)C(=O)C(C)(C)C. The molecule has 0 aliphatic carbocycles. The molecule has 0 fully saturated rings. The van der Waals surface area contributed by atoms with E-state index in [4.69, 9.17) is 0 Å². The van der Waals surface area contributed by atoms with Crippen molar-refractivity contribution in [2.75, 3.05) is 7.05 Å². The van der Waals surface area contributed by atoms with Gasteiger partial charge in [0.25, 0.3) is 0 Å². The summed E-state index contributed by atoms with van der Waals surface area (Å²) < 4.78 is 26.3. The lowest BCUT2D eigenvalue weighted by Gasteiger charge is -2.31. The molecule has 4 heteroatoms. The number of carbonyl (C=O) groups excluding carboxylic acids is 1. The molecule has 0 spiro atoms. The summed E-state index contributed by atoms with van der Waals surface area (Å²) in [7, 11) is 1.64. The lowest BCUT2D eigenvalue weighted by molar-refractivity contribution is -0.140. The third kappa shape index (κ3) is 3.28. The Hall–Kier alpha value is -1.45. The molecule has 0 N–H and O–H groups in total. The van der Waals surface area contributed by atoms with Gasteiger partial charge < -0.3 is 4.90 Å². The zero-order chi connectivity index (χ0) is 14.1. The molecular weight excluding hydrogens is 236 g/mol. The van der Waals surface area contributed by atoms with Gasteiger partial charge in [-0.25, -0.2) is 8.78 Å². The van der Waals surface area contributed by atoms with Crippen LogP contribution in [0.3, 0.4) is 0 Å². The zero-order valence-electron chi connectivity index (χ0n) is 11.4. The van der Waals surface area contributed by atoms with Gasteiger partial charge in [0.05, 0.1) is 6.04 Å². The van der Waals surface area contributed by atoms with Gasteiger partial charge in [-0.05, 0) is 24.6 Å². The third-order valence-corrected chi connectivity index (χ3v) is 2.91. The first-order valence-corrected chi connectivity index (χ1v) is 5.86. The molecule has 0 unspecified atom stereocenters. The summed E-state index contributed by atoms with van der Waals surface area (Å²) in [6.45, 7) is 7.18. The van der Waals surface area contributed by atoms with Crippen LogP contribution in [-0.2, 0) is 4.79 Å². The first-order valence-electron chi connectivity index (χ1n) is 5.86. The van der Waals surface area contributed by atoms with Crippen molar-refractivity contribution in [3.8, 4) is 0 Å². The second-order valence-electron chi connectivity index (χ2n) is 5.54. The Morgan fingerprint density at radius 2 is 1.61 bits per heavy atom. The zero-order valence-corrected chi connectivity index (χ0v) is 11.4. The average Bonchev–Trinajstić information content (AvgIpc) is 2.23. The monoisotopic (exact) mass is 255 g/mol. The van der Waals surface area contributed by atoms with E-state index in [9.17, 15) is 13.6 Å². The van der Waals surface area contributed by atoms with E-state index in [0.29, 0.717) is 5.56 Å². The molecule has 0 aromatic heterocycles. The highest BCUT2D eigenvalue weighted by molar-refractivity contribution is 5.81. The van der Waals surface area contributed by atoms with Crippen LogP contribution < -0.4 is 0 Å². The van der Waals surface area contributed by atoms with E-state index in [0.717, 1.165) is 6.07 Å². The first-order chi connectivity index (χ1) is 8.12. The minimum Gasteiger partial charge on any atom is -0.339 e. The van der Waals surface area contributed by atoms with Crippen LogP contribution in [0.1, 0.15) is 39.3 Å². The molecule has 100 valence electrons. The standard InChI is InChI=1S/C14H19F2NO/c1-9(17(5)13(18)14(2,3)4)10-6-11(15)8-12(16)7-10/h6-9H,1-5H3/t9-/m1/s1. The molecule has 0 saturated heterocycles. The second kappa shape index (κ2) is 5.04. The Bertz CT molecular complexity index is 431. The minimum absolute atomic E-state index is 0.0698. The fourth-order valence-corrected chi connectivity index (χ4v) is 1.74. The highest BCUT2D eigenvalue weighted by Crippen LogP contribution is 2.26. The lowest BCUT2D eigenvalue weighted by Crippen LogP contribution is -2.38. The molecule has 1 rings (SSSR count). The number of amides is 1. The maximum Gasteiger partial charge on any atom is 0.228 e. The smallest absolute Gasteiger partial charge is 0.228 e. The summed E-state index contributed by atoms with van der Waals surface area (Å²) in [4.78, 5) is 13.6. The van der Waals surface area contributed by atoms with Gasteiger partial charge in [0.15, 0.2) is 0 Å². The summed E-state index contributed by atoms with van der Waals surface area (Å²) in [5, 5.41) is 0. The molecule has 1 amide bonds. The van der Waals surface area contributed by atoms with Gasteiger partial charge in [-0.2, -0.15) is 0 Å². The van der Waals surface area contributed by atoms with Gasteiger partial charge in [0, 0.05) is 18.5 Å². The molecular formula is C14H19F2NO. The van der Waals surface area contributed by atoms with Gasteiger partial charge in [-0.15, -0.1) is 0 Å². The number of hydrogen-bond donors (Lipinski definition) is 0. The molecule has 18 heavy (non-hydrogen) atoms. The number of hydrogen-bond acceptors (Lipinski definition) is 1. The molecule has 0 heterocycles. The predicted molar refractivity (Wildman–Crippen MR) is 67.0 cm³/mol. The molecule has 0 bridgehead atoms. The average molecular weight is 255 g/mol. The molecule has 1 atom stereocenters. The fraction of sp³-hybridized carbons (Fsp3) is 0.500. The van der Waals surface area contributed by atoms with Gasteiger partial charge >= 0.3 is 0 Å². The highest BCUT2D eigenvalue weighted by atomic mass is 19.1. The summed E-state index contributed by atoms with van der Waals surface area (Å²) in [6, 6.07) is 2.95. The van der Waals surface area contributed by atoms with Crippen molar-refractivity contribution in [2.24, 2.45) is 5.41 Å². The first kappa shape index (κ1) is 14.6. The van der Waals surface area contributed by atoms with Gasteiger partial charge in [0.1, 0.15) is 11.6 Å². The largest absolute Gasteiger partial charge is 0.339 e. The predicted octanol–water partition coefficient (Wildman–Crippen LogP) is 3.53. The van der Waals surface area contributed by atoms with Crippen LogP contribution >= 0.6 is 0 Å². The van der Waals surface area contributed by atoms with E-state index in [1.165, 1.54) is 17.0 Å². The van der Waals surface area contributed by atoms with Crippen LogP contribution in [0, 0.1) is 17.0 Å². The van der Waals surface area contributed by atoms with Crippen LogP contribution in [0.25, 0.3) is 0 Å². The minimum atomic E-state index is -0.631. The molecule has 0 radical (unpaired) electrons. The number of nitrogens with zero attached hydrogens (tertiary/aromatic N) is 1. The Balaban J connectivity index is 3.00. The van der Waals surface area contributed by atoms with Crippen LogP contribution in [0.2, 0.25) is 0 Å². The Labute approximate surface area is 107 Å². The Morgan fingerprint density at radius 1 is 1.17 bits per heavy atom. The van der Waals surface area contributed by atoms with Crippen LogP contribution in [0.5, 0.6) is 0 Å². The van der Waals surface area contributed by atoms with E-state index in [2.05, 4.69) is 0 Å². The quantitative estimate of drug-likeness (QED) is 0.791. The summed E-state index contributed by atoms with van der Waals surface area (Å²) in [6.07, 6.45) is 0. The van der Waals surface area contributed by atoms with Gasteiger partial charge in [-0.3, -0.25) is 4.79 Å². The molecule has 0 aliphatic rings. The Kier molecular flexibility index (Phi) is 4.09. The van der Waals surface area contributed by atoms with E-state index >= 15 is 0 Å². The van der Waals surface area contributed by atoms with E-state index in [-0.39, 0.29) is 11.9 Å². The van der Waals surface area contributed by atoms with Crippen molar-refractivity contribution in [1.29, 1.82) is 0 Å². The maximum absolute atomic E-state index is 13.1. The Morgan fingerprint density at radius 3 is 2.00 bits per heavy atom. The molecule has 0 saturated carbocycles. The molecule has 0 aliphatic heterocycles. The maximum atomic E-state index is 13.1. The van der Waals surface area contributed by atoms with Crippen molar-refractivity contribution < 1.29 is 13.6 Å². The third-order valence-electron chi connectivity index (χ3n) is 2.91. The van der Waals surface area contributed by atoms with Crippen LogP contribution in [-0.4, -0.2) is 17.9 Å². The number of carbonyl (C=O) groups is 1. The fourth-order valence-electron chi connectivity index (χ4n) is 1.74. The second-order valence-corrected chi connectivity index (χ2v) is 5.54. The normalized spacial score (nSPS) is 13.3. The molecule has 2 nitrogen and oxygen atoms in total. The summed E-state index contributed by atoms with van der Waals surface area (Å²) >= 11 is 0. The number of rotatable bonds is 2. The number of halogens is 2.